The third-order valence-corrected chi connectivity index (χ3v) is 7.35. The van der Waals surface area contributed by atoms with Gasteiger partial charge in [-0.2, -0.15) is 0 Å². The lowest BCUT2D eigenvalue weighted by atomic mass is 9.83. The molecule has 1 atom stereocenters. The van der Waals surface area contributed by atoms with Crippen LogP contribution in [0.3, 0.4) is 0 Å². The number of oxazole rings is 1. The molecule has 2 saturated carbocycles. The Morgan fingerprint density at radius 3 is 2.66 bits per heavy atom. The van der Waals surface area contributed by atoms with E-state index < -0.39 is 11.2 Å². The molecule has 0 bridgehead atoms. The topological polar surface area (TPSA) is 78.3 Å². The number of benzene rings is 1. The number of hydrogen-bond donors (Lipinski definition) is 2. The standard InChI is InChI=1S/C23H31N3O3/c27-21(23(10-11-23)17-8-9-20-18(14-17)25-22(28)29-20)24-19(15-26-12-4-5-13-26)16-6-2-1-3-7-16/h8-9,14,16,19H,1-7,10-13,15H2,(H,24,27)(H,25,28)/t19-/m1/s1. The molecule has 0 unspecified atom stereocenters. The van der Waals surface area contributed by atoms with E-state index in [-0.39, 0.29) is 11.9 Å². The van der Waals surface area contributed by atoms with Crippen molar-refractivity contribution in [1.82, 2.24) is 15.2 Å². The highest BCUT2D eigenvalue weighted by Gasteiger charge is 2.52. The van der Waals surface area contributed by atoms with Crippen molar-refractivity contribution in [3.8, 4) is 0 Å². The number of aromatic nitrogens is 1. The lowest BCUT2D eigenvalue weighted by molar-refractivity contribution is -0.125. The number of nitrogens with zero attached hydrogens (tertiary/aromatic N) is 1. The number of H-pyrrole nitrogens is 1. The van der Waals surface area contributed by atoms with Crippen LogP contribution in [0.5, 0.6) is 0 Å². The lowest BCUT2D eigenvalue weighted by Gasteiger charge is -2.34. The molecule has 1 aromatic carbocycles. The number of amides is 1. The Hall–Kier alpha value is -2.08. The van der Waals surface area contributed by atoms with E-state index in [0.717, 1.165) is 38.0 Å². The van der Waals surface area contributed by atoms with Gasteiger partial charge in [0.15, 0.2) is 5.58 Å². The van der Waals surface area contributed by atoms with E-state index in [1.807, 2.05) is 12.1 Å². The summed E-state index contributed by atoms with van der Waals surface area (Å²) in [5, 5.41) is 3.49. The Balaban J connectivity index is 1.35. The van der Waals surface area contributed by atoms with Crippen LogP contribution in [-0.4, -0.2) is 41.5 Å². The van der Waals surface area contributed by atoms with Gasteiger partial charge in [0.1, 0.15) is 0 Å². The smallest absolute Gasteiger partial charge is 0.408 e. The van der Waals surface area contributed by atoms with Crippen molar-refractivity contribution in [2.45, 2.75) is 69.2 Å². The normalized spacial score (nSPS) is 23.3. The van der Waals surface area contributed by atoms with Gasteiger partial charge in [-0.3, -0.25) is 9.78 Å². The van der Waals surface area contributed by atoms with Crippen molar-refractivity contribution in [1.29, 1.82) is 0 Å². The van der Waals surface area contributed by atoms with E-state index >= 15 is 0 Å². The molecule has 2 N–H and O–H groups in total. The zero-order valence-corrected chi connectivity index (χ0v) is 17.0. The molecule has 0 radical (unpaired) electrons. The Morgan fingerprint density at radius 2 is 1.93 bits per heavy atom. The summed E-state index contributed by atoms with van der Waals surface area (Å²) in [4.78, 5) is 30.2. The van der Waals surface area contributed by atoms with Crippen molar-refractivity contribution >= 4 is 17.0 Å². The van der Waals surface area contributed by atoms with Crippen LogP contribution in [0, 0.1) is 5.92 Å². The Kier molecular flexibility index (Phi) is 4.98. The number of carbonyl (C=O) groups excluding carboxylic acids is 1. The Bertz CT molecular complexity index is 930. The molecule has 6 heteroatoms. The summed E-state index contributed by atoms with van der Waals surface area (Å²) in [6.07, 6.45) is 10.6. The molecule has 3 fully saturated rings. The highest BCUT2D eigenvalue weighted by Crippen LogP contribution is 2.49. The quantitative estimate of drug-likeness (QED) is 0.784. The maximum Gasteiger partial charge on any atom is 0.417 e. The third-order valence-electron chi connectivity index (χ3n) is 7.35. The highest BCUT2D eigenvalue weighted by molar-refractivity contribution is 5.92. The van der Waals surface area contributed by atoms with Crippen molar-refractivity contribution in [3.05, 3.63) is 34.3 Å². The van der Waals surface area contributed by atoms with E-state index in [2.05, 4.69) is 15.2 Å². The Labute approximate surface area is 171 Å². The molecule has 1 aromatic heterocycles. The molecule has 3 aliphatic rings. The maximum atomic E-state index is 13.5. The first-order chi connectivity index (χ1) is 14.1. The predicted molar refractivity (Wildman–Crippen MR) is 112 cm³/mol. The van der Waals surface area contributed by atoms with E-state index in [9.17, 15) is 9.59 Å². The van der Waals surface area contributed by atoms with Gasteiger partial charge in [0, 0.05) is 12.6 Å². The fourth-order valence-electron chi connectivity index (χ4n) is 5.42. The minimum Gasteiger partial charge on any atom is -0.408 e. The molecule has 1 amide bonds. The third kappa shape index (κ3) is 3.75. The summed E-state index contributed by atoms with van der Waals surface area (Å²) in [5.74, 6) is 0.309. The average molecular weight is 398 g/mol. The van der Waals surface area contributed by atoms with Gasteiger partial charge < -0.3 is 14.6 Å². The summed E-state index contributed by atoms with van der Waals surface area (Å²) >= 11 is 0. The number of nitrogens with one attached hydrogen (secondary N) is 2. The maximum absolute atomic E-state index is 13.5. The predicted octanol–water partition coefficient (Wildman–Crippen LogP) is 3.31. The molecule has 156 valence electrons. The first-order valence-corrected chi connectivity index (χ1v) is 11.3. The van der Waals surface area contributed by atoms with Gasteiger partial charge in [0.05, 0.1) is 10.9 Å². The second-order valence-corrected chi connectivity index (χ2v) is 9.29. The highest BCUT2D eigenvalue weighted by atomic mass is 16.4. The molecule has 2 aliphatic carbocycles. The molecular weight excluding hydrogens is 366 g/mol. The number of likely N-dealkylation sites (tertiary alicyclic amines) is 1. The summed E-state index contributed by atoms with van der Waals surface area (Å²) < 4.78 is 5.12. The van der Waals surface area contributed by atoms with Crippen molar-refractivity contribution in [3.63, 3.8) is 0 Å². The van der Waals surface area contributed by atoms with Crippen LogP contribution in [0.15, 0.2) is 27.4 Å². The molecule has 1 aliphatic heterocycles. The second-order valence-electron chi connectivity index (χ2n) is 9.29. The molecule has 0 spiro atoms. The van der Waals surface area contributed by atoms with Gasteiger partial charge in [0.2, 0.25) is 5.91 Å². The molecule has 2 aromatic rings. The summed E-state index contributed by atoms with van der Waals surface area (Å²) in [5.41, 5.74) is 1.76. The van der Waals surface area contributed by atoms with E-state index in [4.69, 9.17) is 4.42 Å². The second kappa shape index (κ2) is 7.63. The molecule has 6 nitrogen and oxygen atoms in total. The number of aromatic amines is 1. The van der Waals surface area contributed by atoms with Crippen LogP contribution in [0.2, 0.25) is 0 Å². The van der Waals surface area contributed by atoms with Gasteiger partial charge in [0.25, 0.3) is 0 Å². The zero-order valence-electron chi connectivity index (χ0n) is 17.0. The minimum absolute atomic E-state index is 0.164. The van der Waals surface area contributed by atoms with E-state index in [1.165, 1.54) is 44.9 Å². The number of fused-ring (bicyclic) bond motifs is 1. The number of carbonyl (C=O) groups is 1. The number of hydrogen-bond acceptors (Lipinski definition) is 4. The van der Waals surface area contributed by atoms with Gasteiger partial charge in [-0.1, -0.05) is 25.3 Å². The Morgan fingerprint density at radius 1 is 1.17 bits per heavy atom. The van der Waals surface area contributed by atoms with Crippen molar-refractivity contribution in [2.75, 3.05) is 19.6 Å². The molecule has 1 saturated heterocycles. The minimum atomic E-state index is -0.450. The van der Waals surface area contributed by atoms with Gasteiger partial charge >= 0.3 is 5.76 Å². The number of rotatable bonds is 6. The van der Waals surface area contributed by atoms with Crippen LogP contribution in [0.1, 0.15) is 63.4 Å². The first-order valence-electron chi connectivity index (χ1n) is 11.3. The van der Waals surface area contributed by atoms with Crippen LogP contribution in [0.25, 0.3) is 11.1 Å². The van der Waals surface area contributed by atoms with E-state index in [1.54, 1.807) is 6.07 Å². The van der Waals surface area contributed by atoms with Crippen LogP contribution in [-0.2, 0) is 10.2 Å². The molecule has 29 heavy (non-hydrogen) atoms. The summed E-state index contributed by atoms with van der Waals surface area (Å²) in [6.45, 7) is 3.31. The van der Waals surface area contributed by atoms with Crippen LogP contribution < -0.4 is 11.1 Å². The molecular formula is C23H31N3O3. The van der Waals surface area contributed by atoms with Crippen molar-refractivity contribution in [2.24, 2.45) is 5.92 Å². The van der Waals surface area contributed by atoms with Crippen molar-refractivity contribution < 1.29 is 9.21 Å². The SMILES string of the molecule is O=C(N[C@H](CN1CCCC1)C1CCCCC1)C1(c2ccc3oc(=O)[nH]c3c2)CC1. The van der Waals surface area contributed by atoms with Gasteiger partial charge in [-0.15, -0.1) is 0 Å². The molecule has 5 rings (SSSR count). The van der Waals surface area contributed by atoms with Gasteiger partial charge in [-0.05, 0) is 75.2 Å². The first kappa shape index (κ1) is 18.9. The summed E-state index contributed by atoms with van der Waals surface area (Å²) in [7, 11) is 0. The lowest BCUT2D eigenvalue weighted by Crippen LogP contribution is -2.50. The fraction of sp³-hybridized carbons (Fsp3) is 0.652. The largest absolute Gasteiger partial charge is 0.417 e. The average Bonchev–Trinajstić information content (AvgIpc) is 3.22. The monoisotopic (exact) mass is 397 g/mol. The molecule has 2 heterocycles. The van der Waals surface area contributed by atoms with Gasteiger partial charge in [-0.25, -0.2) is 4.79 Å². The fourth-order valence-corrected chi connectivity index (χ4v) is 5.42. The summed E-state index contributed by atoms with van der Waals surface area (Å²) in [6, 6.07) is 5.92. The van der Waals surface area contributed by atoms with E-state index in [0.29, 0.717) is 17.0 Å². The van der Waals surface area contributed by atoms with Crippen LogP contribution >= 0.6 is 0 Å². The van der Waals surface area contributed by atoms with Crippen LogP contribution in [0.4, 0.5) is 0 Å². The zero-order chi connectivity index (χ0) is 19.8.